The molecule has 24 heavy (non-hydrogen) atoms. The molecule has 2 heterocycles. The van der Waals surface area contributed by atoms with Crippen molar-refractivity contribution < 1.29 is 18.3 Å². The molecule has 1 N–H and O–H groups in total. The summed E-state index contributed by atoms with van der Waals surface area (Å²) >= 11 is 0. The van der Waals surface area contributed by atoms with Gasteiger partial charge in [0, 0.05) is 38.4 Å². The van der Waals surface area contributed by atoms with E-state index in [1.165, 1.54) is 0 Å². The standard InChI is InChI=1S/C17H20F3N3O/c1-22-15(6-9-21-22)14-5-3-2-4-13(14)12-23-10-7-16(24,8-11-23)17(18,19)20/h2-6,9,24H,7-8,10-12H2,1H3. The number of aromatic nitrogens is 2. The van der Waals surface area contributed by atoms with Gasteiger partial charge in [-0.3, -0.25) is 9.58 Å². The number of aliphatic hydroxyl groups is 1. The average Bonchev–Trinajstić information content (AvgIpc) is 2.95. The van der Waals surface area contributed by atoms with Gasteiger partial charge in [0.25, 0.3) is 0 Å². The van der Waals surface area contributed by atoms with Crippen molar-refractivity contribution in [2.45, 2.75) is 31.2 Å². The van der Waals surface area contributed by atoms with Crippen LogP contribution in [-0.4, -0.2) is 44.7 Å². The summed E-state index contributed by atoms with van der Waals surface area (Å²) in [6, 6.07) is 9.74. The molecule has 2 aromatic rings. The van der Waals surface area contributed by atoms with Crippen LogP contribution in [0, 0.1) is 0 Å². The van der Waals surface area contributed by atoms with Crippen molar-refractivity contribution in [1.82, 2.24) is 14.7 Å². The van der Waals surface area contributed by atoms with Crippen LogP contribution in [0.4, 0.5) is 13.2 Å². The summed E-state index contributed by atoms with van der Waals surface area (Å²) in [6.45, 7) is 0.987. The lowest BCUT2D eigenvalue weighted by Crippen LogP contribution is -2.53. The van der Waals surface area contributed by atoms with E-state index in [1.54, 1.807) is 10.9 Å². The first-order valence-electron chi connectivity index (χ1n) is 7.88. The van der Waals surface area contributed by atoms with Gasteiger partial charge in [-0.15, -0.1) is 0 Å². The zero-order valence-corrected chi connectivity index (χ0v) is 13.4. The van der Waals surface area contributed by atoms with Crippen molar-refractivity contribution in [2.75, 3.05) is 13.1 Å². The van der Waals surface area contributed by atoms with Gasteiger partial charge in [0.05, 0.1) is 5.69 Å². The Bertz CT molecular complexity index is 703. The molecule has 1 fully saturated rings. The molecule has 0 unspecified atom stereocenters. The third-order valence-corrected chi connectivity index (χ3v) is 4.72. The topological polar surface area (TPSA) is 41.3 Å². The van der Waals surface area contributed by atoms with E-state index in [0.717, 1.165) is 16.8 Å². The van der Waals surface area contributed by atoms with Gasteiger partial charge in [-0.25, -0.2) is 0 Å². The van der Waals surface area contributed by atoms with Crippen molar-refractivity contribution in [3.63, 3.8) is 0 Å². The molecule has 1 aliphatic heterocycles. The van der Waals surface area contributed by atoms with Crippen LogP contribution in [0.3, 0.4) is 0 Å². The van der Waals surface area contributed by atoms with E-state index in [2.05, 4.69) is 5.10 Å². The van der Waals surface area contributed by atoms with Gasteiger partial charge >= 0.3 is 6.18 Å². The van der Waals surface area contributed by atoms with Crippen molar-refractivity contribution in [3.8, 4) is 11.3 Å². The van der Waals surface area contributed by atoms with E-state index in [0.29, 0.717) is 6.54 Å². The number of piperidine rings is 1. The van der Waals surface area contributed by atoms with Gasteiger partial charge in [-0.05, 0) is 24.5 Å². The van der Waals surface area contributed by atoms with Gasteiger partial charge in [-0.2, -0.15) is 18.3 Å². The molecule has 3 rings (SSSR count). The summed E-state index contributed by atoms with van der Waals surface area (Å²) < 4.78 is 40.5. The van der Waals surface area contributed by atoms with Crippen LogP contribution in [0.5, 0.6) is 0 Å². The van der Waals surface area contributed by atoms with Gasteiger partial charge in [0.1, 0.15) is 0 Å². The first-order valence-corrected chi connectivity index (χ1v) is 7.88. The number of aryl methyl sites for hydroxylation is 1. The van der Waals surface area contributed by atoms with Gasteiger partial charge in [0.15, 0.2) is 5.60 Å². The van der Waals surface area contributed by atoms with Crippen LogP contribution < -0.4 is 0 Å². The fourth-order valence-corrected chi connectivity index (χ4v) is 3.15. The highest BCUT2D eigenvalue weighted by molar-refractivity contribution is 5.63. The maximum Gasteiger partial charge on any atom is 0.417 e. The van der Waals surface area contributed by atoms with E-state index < -0.39 is 11.8 Å². The summed E-state index contributed by atoms with van der Waals surface area (Å²) in [5.74, 6) is 0. The number of benzene rings is 1. The molecule has 0 saturated carbocycles. The van der Waals surface area contributed by atoms with Crippen LogP contribution in [0.2, 0.25) is 0 Å². The Kier molecular flexibility index (Phi) is 4.40. The minimum Gasteiger partial charge on any atom is -0.380 e. The highest BCUT2D eigenvalue weighted by Gasteiger charge is 2.54. The Hall–Kier alpha value is -1.86. The number of nitrogens with zero attached hydrogens (tertiary/aromatic N) is 3. The largest absolute Gasteiger partial charge is 0.417 e. The molecular weight excluding hydrogens is 319 g/mol. The Morgan fingerprint density at radius 2 is 1.83 bits per heavy atom. The minimum absolute atomic E-state index is 0.218. The number of likely N-dealkylation sites (tertiary alicyclic amines) is 1. The molecule has 0 amide bonds. The van der Waals surface area contributed by atoms with Crippen molar-refractivity contribution in [3.05, 3.63) is 42.1 Å². The Balaban J connectivity index is 1.74. The highest BCUT2D eigenvalue weighted by atomic mass is 19.4. The number of rotatable bonds is 3. The van der Waals surface area contributed by atoms with Gasteiger partial charge < -0.3 is 5.11 Å². The summed E-state index contributed by atoms with van der Waals surface area (Å²) in [5, 5.41) is 13.9. The maximum atomic E-state index is 12.9. The quantitative estimate of drug-likeness (QED) is 0.935. The normalized spacial score (nSPS) is 18.7. The molecule has 1 aromatic heterocycles. The lowest BCUT2D eigenvalue weighted by molar-refractivity contribution is -0.272. The predicted molar refractivity (Wildman–Crippen MR) is 84.2 cm³/mol. The number of alkyl halides is 3. The molecule has 7 heteroatoms. The van der Waals surface area contributed by atoms with Crippen LogP contribution in [0.15, 0.2) is 36.5 Å². The van der Waals surface area contributed by atoms with Gasteiger partial charge in [-0.1, -0.05) is 24.3 Å². The smallest absolute Gasteiger partial charge is 0.380 e. The second-order valence-electron chi connectivity index (χ2n) is 6.30. The highest BCUT2D eigenvalue weighted by Crippen LogP contribution is 2.38. The lowest BCUT2D eigenvalue weighted by atomic mass is 9.90. The van der Waals surface area contributed by atoms with Crippen molar-refractivity contribution in [1.29, 1.82) is 0 Å². The van der Waals surface area contributed by atoms with Crippen molar-refractivity contribution >= 4 is 0 Å². The van der Waals surface area contributed by atoms with Crippen LogP contribution in [-0.2, 0) is 13.6 Å². The first kappa shape index (κ1) is 17.0. The summed E-state index contributed by atoms with van der Waals surface area (Å²) in [7, 11) is 1.86. The fraction of sp³-hybridized carbons (Fsp3) is 0.471. The Morgan fingerprint density at radius 1 is 1.17 bits per heavy atom. The Labute approximate surface area is 138 Å². The second-order valence-corrected chi connectivity index (χ2v) is 6.30. The fourth-order valence-electron chi connectivity index (χ4n) is 3.15. The van der Waals surface area contributed by atoms with Crippen LogP contribution in [0.25, 0.3) is 11.3 Å². The van der Waals surface area contributed by atoms with Gasteiger partial charge in [0.2, 0.25) is 0 Å². The van der Waals surface area contributed by atoms with E-state index >= 15 is 0 Å². The molecule has 1 aromatic carbocycles. The van der Waals surface area contributed by atoms with Crippen LogP contribution >= 0.6 is 0 Å². The molecule has 1 saturated heterocycles. The van der Waals surface area contributed by atoms with E-state index in [9.17, 15) is 18.3 Å². The molecular formula is C17H20F3N3O. The van der Waals surface area contributed by atoms with E-state index in [-0.39, 0.29) is 25.9 Å². The van der Waals surface area contributed by atoms with Crippen molar-refractivity contribution in [2.24, 2.45) is 7.05 Å². The average molecular weight is 339 g/mol. The third-order valence-electron chi connectivity index (χ3n) is 4.72. The Morgan fingerprint density at radius 3 is 2.42 bits per heavy atom. The van der Waals surface area contributed by atoms with Crippen LogP contribution in [0.1, 0.15) is 18.4 Å². The molecule has 4 nitrogen and oxygen atoms in total. The molecule has 0 spiro atoms. The lowest BCUT2D eigenvalue weighted by Gasteiger charge is -2.39. The molecule has 0 radical (unpaired) electrons. The zero-order valence-electron chi connectivity index (χ0n) is 13.4. The minimum atomic E-state index is -4.56. The first-order chi connectivity index (χ1) is 11.3. The molecule has 1 aliphatic rings. The molecule has 0 atom stereocenters. The molecule has 0 bridgehead atoms. The third kappa shape index (κ3) is 3.18. The second kappa shape index (κ2) is 6.22. The zero-order chi connectivity index (χ0) is 17.4. The number of hydrogen-bond acceptors (Lipinski definition) is 3. The monoisotopic (exact) mass is 339 g/mol. The maximum absolute atomic E-state index is 12.9. The number of halogens is 3. The summed E-state index contributed by atoms with van der Waals surface area (Å²) in [6.07, 6.45) is -3.42. The van der Waals surface area contributed by atoms with E-state index in [4.69, 9.17) is 0 Å². The SMILES string of the molecule is Cn1nccc1-c1ccccc1CN1CCC(O)(C(F)(F)F)CC1. The molecule has 130 valence electrons. The summed E-state index contributed by atoms with van der Waals surface area (Å²) in [5.41, 5.74) is 0.479. The summed E-state index contributed by atoms with van der Waals surface area (Å²) in [4.78, 5) is 1.95. The predicted octanol–water partition coefficient (Wildman–Crippen LogP) is 2.98. The van der Waals surface area contributed by atoms with E-state index in [1.807, 2.05) is 42.3 Å². The molecule has 0 aliphatic carbocycles. The number of hydrogen-bond donors (Lipinski definition) is 1.